The van der Waals surface area contributed by atoms with Crippen LogP contribution in [0.15, 0.2) is 41.6 Å². The summed E-state index contributed by atoms with van der Waals surface area (Å²) in [6, 6.07) is 6.17. The van der Waals surface area contributed by atoms with Gasteiger partial charge >= 0.3 is 0 Å². The number of carbonyl (C=O) groups excluding carboxylic acids is 2. The molecular weight excluding hydrogens is 460 g/mol. The zero-order chi connectivity index (χ0) is 24.3. The lowest BCUT2D eigenvalue weighted by molar-refractivity contribution is -0.132. The number of nitrogens with zero attached hydrogens (tertiary/aromatic N) is 6. The third-order valence-electron chi connectivity index (χ3n) is 5.98. The minimum atomic E-state index is -3.73. The van der Waals surface area contributed by atoms with E-state index < -0.39 is 15.9 Å². The molecule has 34 heavy (non-hydrogen) atoms. The summed E-state index contributed by atoms with van der Waals surface area (Å²) in [5.74, 6) is 0.382. The number of carbonyl (C=O) groups is 2. The molecule has 1 saturated heterocycles. The van der Waals surface area contributed by atoms with Crippen LogP contribution in [0.25, 0.3) is 0 Å². The van der Waals surface area contributed by atoms with Crippen LogP contribution in [0.3, 0.4) is 0 Å². The Hall–Kier alpha value is -3.25. The van der Waals surface area contributed by atoms with Crippen molar-refractivity contribution in [3.63, 3.8) is 0 Å². The summed E-state index contributed by atoms with van der Waals surface area (Å²) in [5, 5.41) is 0. The molecule has 12 heteroatoms. The van der Waals surface area contributed by atoms with Gasteiger partial charge in [-0.25, -0.2) is 18.4 Å². The van der Waals surface area contributed by atoms with Gasteiger partial charge in [-0.3, -0.25) is 14.5 Å². The van der Waals surface area contributed by atoms with Crippen LogP contribution >= 0.6 is 0 Å². The second-order valence-electron chi connectivity index (χ2n) is 7.90. The van der Waals surface area contributed by atoms with Gasteiger partial charge in [0.15, 0.2) is 6.61 Å². The van der Waals surface area contributed by atoms with Gasteiger partial charge in [0, 0.05) is 51.7 Å². The normalized spacial score (nSPS) is 16.4. The summed E-state index contributed by atoms with van der Waals surface area (Å²) in [5.41, 5.74) is 0.286. The molecule has 1 fully saturated rings. The predicted octanol–water partition coefficient (Wildman–Crippen LogP) is 0.581. The van der Waals surface area contributed by atoms with Crippen LogP contribution in [0.2, 0.25) is 0 Å². The average Bonchev–Trinajstić information content (AvgIpc) is 2.86. The maximum atomic E-state index is 13.1. The first-order valence-corrected chi connectivity index (χ1v) is 12.7. The number of amides is 2. The third-order valence-corrected chi connectivity index (χ3v) is 8.02. The molecule has 0 atom stereocenters. The Balaban J connectivity index is 1.50. The zero-order valence-electron chi connectivity index (χ0n) is 19.3. The molecule has 1 aromatic carbocycles. The van der Waals surface area contributed by atoms with Crippen molar-refractivity contribution in [2.75, 3.05) is 62.2 Å². The van der Waals surface area contributed by atoms with E-state index >= 15 is 0 Å². The molecule has 11 nitrogen and oxygen atoms in total. The summed E-state index contributed by atoms with van der Waals surface area (Å²) in [7, 11) is -3.73. The molecule has 1 aromatic heterocycles. The number of anilines is 2. The summed E-state index contributed by atoms with van der Waals surface area (Å²) < 4.78 is 32.8. The van der Waals surface area contributed by atoms with Crippen LogP contribution in [0.1, 0.15) is 13.8 Å². The molecule has 0 spiro atoms. The van der Waals surface area contributed by atoms with Crippen LogP contribution < -0.4 is 14.5 Å². The van der Waals surface area contributed by atoms with E-state index in [1.807, 2.05) is 4.90 Å². The van der Waals surface area contributed by atoms with Crippen molar-refractivity contribution in [2.45, 2.75) is 18.7 Å². The van der Waals surface area contributed by atoms with Crippen molar-refractivity contribution in [2.24, 2.45) is 0 Å². The topological polar surface area (TPSA) is 116 Å². The van der Waals surface area contributed by atoms with Crippen LogP contribution in [0.5, 0.6) is 5.75 Å². The van der Waals surface area contributed by atoms with Crippen LogP contribution in [-0.4, -0.2) is 91.8 Å². The second-order valence-corrected chi connectivity index (χ2v) is 9.84. The highest BCUT2D eigenvalue weighted by Gasteiger charge is 2.32. The first-order valence-electron chi connectivity index (χ1n) is 11.2. The zero-order valence-corrected chi connectivity index (χ0v) is 20.1. The van der Waals surface area contributed by atoms with Gasteiger partial charge in [0.1, 0.15) is 12.3 Å². The predicted molar refractivity (Wildman–Crippen MR) is 125 cm³/mol. The lowest BCUT2D eigenvalue weighted by atomic mass is 10.2. The van der Waals surface area contributed by atoms with Gasteiger partial charge in [-0.2, -0.15) is 4.31 Å². The van der Waals surface area contributed by atoms with Gasteiger partial charge in [0.25, 0.3) is 5.91 Å². The quantitative estimate of drug-likeness (QED) is 0.556. The maximum Gasteiger partial charge on any atom is 0.265 e. The number of aromatic nitrogens is 2. The fourth-order valence-electron chi connectivity index (χ4n) is 4.07. The maximum absolute atomic E-state index is 13.1. The molecule has 0 N–H and O–H groups in total. The van der Waals surface area contributed by atoms with Gasteiger partial charge in [0.2, 0.25) is 21.9 Å². The van der Waals surface area contributed by atoms with E-state index in [0.717, 1.165) is 0 Å². The number of sulfonamides is 1. The van der Waals surface area contributed by atoms with Gasteiger partial charge in [-0.15, -0.1) is 0 Å². The number of piperazine rings is 1. The van der Waals surface area contributed by atoms with Crippen LogP contribution in [-0.2, 0) is 19.6 Å². The molecule has 182 valence electrons. The summed E-state index contributed by atoms with van der Waals surface area (Å²) in [6.07, 6.45) is 3.35. The van der Waals surface area contributed by atoms with E-state index in [-0.39, 0.29) is 29.6 Å². The smallest absolute Gasteiger partial charge is 0.265 e. The number of hydrogen-bond donors (Lipinski definition) is 0. The van der Waals surface area contributed by atoms with Crippen molar-refractivity contribution in [1.82, 2.24) is 19.2 Å². The minimum absolute atomic E-state index is 0.0576. The Morgan fingerprint density at radius 3 is 2.41 bits per heavy atom. The Kier molecular flexibility index (Phi) is 6.98. The number of benzene rings is 1. The lowest BCUT2D eigenvalue weighted by Gasteiger charge is -2.36. The second kappa shape index (κ2) is 9.94. The standard InChI is InChI=1S/C22H28N6O5S/c1-3-27(4-2)34(31,32)17-6-7-19-18(14-17)28(21(30)16-33-19)15-20(29)25-10-12-26(13-11-25)22-23-8-5-9-24-22/h5-9,14H,3-4,10-13,15-16H2,1-2H3. The largest absolute Gasteiger partial charge is 0.482 e. The molecule has 2 aliphatic rings. The highest BCUT2D eigenvalue weighted by atomic mass is 32.2. The van der Waals surface area contributed by atoms with E-state index in [1.165, 1.54) is 27.4 Å². The van der Waals surface area contributed by atoms with E-state index in [2.05, 4.69) is 9.97 Å². The fraction of sp³-hybridized carbons (Fsp3) is 0.455. The first-order chi connectivity index (χ1) is 16.3. The minimum Gasteiger partial charge on any atom is -0.482 e. The van der Waals surface area contributed by atoms with Gasteiger partial charge in [-0.05, 0) is 24.3 Å². The Labute approximate surface area is 199 Å². The van der Waals surface area contributed by atoms with Crippen LogP contribution in [0, 0.1) is 0 Å². The van der Waals surface area contributed by atoms with Gasteiger partial charge < -0.3 is 14.5 Å². The van der Waals surface area contributed by atoms with Gasteiger partial charge in [-0.1, -0.05) is 13.8 Å². The first kappa shape index (κ1) is 23.9. The summed E-state index contributed by atoms with van der Waals surface area (Å²) in [6.45, 7) is 5.89. The molecule has 0 saturated carbocycles. The molecule has 0 aliphatic carbocycles. The Morgan fingerprint density at radius 2 is 1.76 bits per heavy atom. The number of rotatable bonds is 7. The van der Waals surface area contributed by atoms with E-state index in [0.29, 0.717) is 51.0 Å². The fourth-order valence-corrected chi connectivity index (χ4v) is 5.55. The lowest BCUT2D eigenvalue weighted by Crippen LogP contribution is -2.53. The van der Waals surface area contributed by atoms with Crippen molar-refractivity contribution in [1.29, 1.82) is 0 Å². The molecule has 0 radical (unpaired) electrons. The SMILES string of the molecule is CCN(CC)S(=O)(=O)c1ccc2c(c1)N(CC(=O)N1CCN(c3ncccn3)CC1)C(=O)CO2. The number of fused-ring (bicyclic) bond motifs is 1. The molecule has 4 rings (SSSR count). The van der Waals surface area contributed by atoms with E-state index in [9.17, 15) is 18.0 Å². The molecular formula is C22H28N6O5S. The van der Waals surface area contributed by atoms with Crippen molar-refractivity contribution < 1.29 is 22.7 Å². The third kappa shape index (κ3) is 4.68. The summed E-state index contributed by atoms with van der Waals surface area (Å²) in [4.78, 5) is 39.3. The van der Waals surface area contributed by atoms with Crippen molar-refractivity contribution in [3.8, 4) is 5.75 Å². The number of ether oxygens (including phenoxy) is 1. The molecule has 0 bridgehead atoms. The highest BCUT2D eigenvalue weighted by molar-refractivity contribution is 7.89. The van der Waals surface area contributed by atoms with Crippen LogP contribution in [0.4, 0.5) is 11.6 Å². The highest BCUT2D eigenvalue weighted by Crippen LogP contribution is 2.35. The van der Waals surface area contributed by atoms with Crippen molar-refractivity contribution in [3.05, 3.63) is 36.7 Å². The summed E-state index contributed by atoms with van der Waals surface area (Å²) >= 11 is 0. The monoisotopic (exact) mass is 488 g/mol. The average molecular weight is 489 g/mol. The molecule has 2 amide bonds. The van der Waals surface area contributed by atoms with Crippen molar-refractivity contribution >= 4 is 33.5 Å². The molecule has 2 aliphatic heterocycles. The Morgan fingerprint density at radius 1 is 1.09 bits per heavy atom. The molecule has 2 aromatic rings. The molecule has 0 unspecified atom stereocenters. The van der Waals surface area contributed by atoms with E-state index in [1.54, 1.807) is 37.2 Å². The van der Waals surface area contributed by atoms with E-state index in [4.69, 9.17) is 4.74 Å². The Bertz CT molecular complexity index is 1150. The number of hydrogen-bond acceptors (Lipinski definition) is 8. The molecule has 3 heterocycles. The van der Waals surface area contributed by atoms with Gasteiger partial charge in [0.05, 0.1) is 10.6 Å².